The van der Waals surface area contributed by atoms with Crippen LogP contribution in [0.25, 0.3) is 0 Å². The third-order valence-electron chi connectivity index (χ3n) is 4.25. The molecule has 1 aliphatic rings. The molecule has 0 radical (unpaired) electrons. The Morgan fingerprint density at radius 2 is 1.91 bits per heavy atom. The quantitative estimate of drug-likeness (QED) is 0.912. The highest BCUT2D eigenvalue weighted by molar-refractivity contribution is 5.88. The van der Waals surface area contributed by atoms with Gasteiger partial charge in [0.2, 0.25) is 5.91 Å². The van der Waals surface area contributed by atoms with Crippen LogP contribution in [0.3, 0.4) is 0 Å². The van der Waals surface area contributed by atoms with Crippen molar-refractivity contribution in [1.82, 2.24) is 5.32 Å². The van der Waals surface area contributed by atoms with E-state index in [9.17, 15) is 9.59 Å². The van der Waals surface area contributed by atoms with Crippen LogP contribution in [-0.4, -0.2) is 17.0 Å². The molecule has 0 spiro atoms. The summed E-state index contributed by atoms with van der Waals surface area (Å²) in [5, 5.41) is 12.2. The average molecular weight is 309 g/mol. The van der Waals surface area contributed by atoms with Crippen molar-refractivity contribution in [3.63, 3.8) is 0 Å². The molecule has 23 heavy (non-hydrogen) atoms. The van der Waals surface area contributed by atoms with Crippen molar-refractivity contribution in [3.8, 4) is 0 Å². The van der Waals surface area contributed by atoms with Crippen LogP contribution in [0.1, 0.15) is 45.9 Å². The van der Waals surface area contributed by atoms with Gasteiger partial charge >= 0.3 is 5.97 Å². The van der Waals surface area contributed by atoms with E-state index in [1.807, 2.05) is 36.4 Å². The summed E-state index contributed by atoms with van der Waals surface area (Å²) in [6, 6.07) is 14.8. The normalized spacial score (nSPS) is 16.4. The Balaban J connectivity index is 1.73. The molecule has 2 aromatic carbocycles. The largest absolute Gasteiger partial charge is 0.478 e. The summed E-state index contributed by atoms with van der Waals surface area (Å²) in [6.45, 7) is 0. The third kappa shape index (κ3) is 3.59. The highest BCUT2D eigenvalue weighted by Gasteiger charge is 2.22. The van der Waals surface area contributed by atoms with Gasteiger partial charge in [-0.1, -0.05) is 36.4 Å². The zero-order chi connectivity index (χ0) is 16.2. The fraction of sp³-hybridized carbons (Fsp3) is 0.263. The van der Waals surface area contributed by atoms with Gasteiger partial charge in [0.25, 0.3) is 0 Å². The number of rotatable bonds is 4. The van der Waals surface area contributed by atoms with E-state index in [1.165, 1.54) is 0 Å². The van der Waals surface area contributed by atoms with Crippen LogP contribution in [0.15, 0.2) is 48.5 Å². The van der Waals surface area contributed by atoms with E-state index >= 15 is 0 Å². The molecule has 0 fully saturated rings. The molecule has 1 atom stereocenters. The zero-order valence-corrected chi connectivity index (χ0v) is 12.8. The number of fused-ring (bicyclic) bond motifs is 1. The van der Waals surface area contributed by atoms with Gasteiger partial charge in [-0.25, -0.2) is 4.79 Å². The van der Waals surface area contributed by atoms with Gasteiger partial charge in [0.15, 0.2) is 0 Å². The van der Waals surface area contributed by atoms with Crippen molar-refractivity contribution in [3.05, 3.63) is 70.8 Å². The summed E-state index contributed by atoms with van der Waals surface area (Å²) in [6.07, 6.45) is 3.06. The minimum Gasteiger partial charge on any atom is -0.478 e. The van der Waals surface area contributed by atoms with E-state index in [0.717, 1.165) is 36.0 Å². The van der Waals surface area contributed by atoms with Crippen molar-refractivity contribution in [1.29, 1.82) is 0 Å². The lowest BCUT2D eigenvalue weighted by Crippen LogP contribution is -2.32. The number of hydrogen-bond donors (Lipinski definition) is 2. The first-order chi connectivity index (χ1) is 11.1. The Kier molecular flexibility index (Phi) is 4.42. The first kappa shape index (κ1) is 15.3. The van der Waals surface area contributed by atoms with Gasteiger partial charge in [0.05, 0.1) is 18.0 Å². The second kappa shape index (κ2) is 6.65. The fourth-order valence-corrected chi connectivity index (χ4v) is 3.12. The number of amides is 1. The average Bonchev–Trinajstić information content (AvgIpc) is 2.55. The first-order valence-corrected chi connectivity index (χ1v) is 7.83. The highest BCUT2D eigenvalue weighted by atomic mass is 16.4. The van der Waals surface area contributed by atoms with Crippen LogP contribution in [0.5, 0.6) is 0 Å². The Labute approximate surface area is 135 Å². The fourth-order valence-electron chi connectivity index (χ4n) is 3.12. The number of aromatic carboxylic acids is 1. The lowest BCUT2D eigenvalue weighted by Gasteiger charge is -2.26. The highest BCUT2D eigenvalue weighted by Crippen LogP contribution is 2.30. The molecule has 2 aromatic rings. The molecule has 0 aromatic heterocycles. The smallest absolute Gasteiger partial charge is 0.335 e. The molecular weight excluding hydrogens is 290 g/mol. The lowest BCUT2D eigenvalue weighted by molar-refractivity contribution is -0.121. The van der Waals surface area contributed by atoms with Gasteiger partial charge in [-0.2, -0.15) is 0 Å². The van der Waals surface area contributed by atoms with E-state index in [4.69, 9.17) is 5.11 Å². The molecule has 4 heteroatoms. The van der Waals surface area contributed by atoms with Gasteiger partial charge in [-0.3, -0.25) is 4.79 Å². The van der Waals surface area contributed by atoms with Gasteiger partial charge in [-0.15, -0.1) is 0 Å². The summed E-state index contributed by atoms with van der Waals surface area (Å²) in [4.78, 5) is 23.3. The molecule has 4 nitrogen and oxygen atoms in total. The molecule has 0 bridgehead atoms. The summed E-state index contributed by atoms with van der Waals surface area (Å²) < 4.78 is 0. The second-order valence-corrected chi connectivity index (χ2v) is 5.89. The van der Waals surface area contributed by atoms with Crippen LogP contribution in [0, 0.1) is 0 Å². The molecule has 2 N–H and O–H groups in total. The molecule has 0 heterocycles. The maximum absolute atomic E-state index is 12.3. The maximum atomic E-state index is 12.3. The maximum Gasteiger partial charge on any atom is 0.335 e. The number of hydrogen-bond acceptors (Lipinski definition) is 2. The van der Waals surface area contributed by atoms with Crippen LogP contribution < -0.4 is 5.32 Å². The van der Waals surface area contributed by atoms with Crippen molar-refractivity contribution in [2.45, 2.75) is 31.7 Å². The minimum absolute atomic E-state index is 0.00337. The number of carboxylic acid groups (broad SMARTS) is 1. The molecule has 3 rings (SSSR count). The topological polar surface area (TPSA) is 66.4 Å². The number of benzene rings is 2. The van der Waals surface area contributed by atoms with E-state index < -0.39 is 5.97 Å². The third-order valence-corrected chi connectivity index (χ3v) is 4.25. The molecule has 1 amide bonds. The van der Waals surface area contributed by atoms with E-state index in [-0.39, 0.29) is 11.9 Å². The summed E-state index contributed by atoms with van der Waals surface area (Å²) in [5.74, 6) is -0.917. The van der Waals surface area contributed by atoms with E-state index in [0.29, 0.717) is 12.0 Å². The lowest BCUT2D eigenvalue weighted by atomic mass is 9.86. The number of nitrogens with one attached hydrogen (secondary N) is 1. The Morgan fingerprint density at radius 3 is 2.65 bits per heavy atom. The molecule has 0 saturated heterocycles. The van der Waals surface area contributed by atoms with Gasteiger partial charge in [-0.05, 0) is 48.1 Å². The second-order valence-electron chi connectivity index (χ2n) is 5.89. The number of aryl methyl sites for hydroxylation is 1. The van der Waals surface area contributed by atoms with Crippen molar-refractivity contribution in [2.75, 3.05) is 0 Å². The monoisotopic (exact) mass is 309 g/mol. The summed E-state index contributed by atoms with van der Waals surface area (Å²) in [7, 11) is 0. The SMILES string of the molecule is O=C(Cc1ccccc1)NC1CCCc2cc(C(=O)O)ccc21. The molecule has 0 saturated carbocycles. The van der Waals surface area contributed by atoms with Crippen LogP contribution in [0.2, 0.25) is 0 Å². The Hall–Kier alpha value is -2.62. The summed E-state index contributed by atoms with van der Waals surface area (Å²) >= 11 is 0. The summed E-state index contributed by atoms with van der Waals surface area (Å²) in [5.41, 5.74) is 3.37. The van der Waals surface area contributed by atoms with E-state index in [1.54, 1.807) is 12.1 Å². The van der Waals surface area contributed by atoms with Crippen LogP contribution >= 0.6 is 0 Å². The first-order valence-electron chi connectivity index (χ1n) is 7.83. The van der Waals surface area contributed by atoms with Gasteiger partial charge in [0.1, 0.15) is 0 Å². The van der Waals surface area contributed by atoms with Crippen molar-refractivity contribution < 1.29 is 14.7 Å². The molecule has 1 unspecified atom stereocenters. The van der Waals surface area contributed by atoms with Crippen LogP contribution in [0.4, 0.5) is 0 Å². The molecular formula is C19H19NO3. The minimum atomic E-state index is -0.914. The standard InChI is InChI=1S/C19H19NO3/c21-18(11-13-5-2-1-3-6-13)20-17-8-4-7-14-12-15(19(22)23)9-10-16(14)17/h1-3,5-6,9-10,12,17H,4,7-8,11H2,(H,20,21)(H,22,23). The molecule has 0 aliphatic heterocycles. The molecule has 118 valence electrons. The number of carbonyl (C=O) groups excluding carboxylic acids is 1. The van der Waals surface area contributed by atoms with Gasteiger partial charge < -0.3 is 10.4 Å². The van der Waals surface area contributed by atoms with E-state index in [2.05, 4.69) is 5.32 Å². The molecule has 1 aliphatic carbocycles. The van der Waals surface area contributed by atoms with Crippen LogP contribution in [-0.2, 0) is 17.6 Å². The van der Waals surface area contributed by atoms with Gasteiger partial charge in [0, 0.05) is 0 Å². The van der Waals surface area contributed by atoms with Crippen molar-refractivity contribution >= 4 is 11.9 Å². The Bertz CT molecular complexity index is 725. The van der Waals surface area contributed by atoms with Crippen molar-refractivity contribution in [2.24, 2.45) is 0 Å². The predicted molar refractivity (Wildman–Crippen MR) is 87.4 cm³/mol. The zero-order valence-electron chi connectivity index (χ0n) is 12.8. The predicted octanol–water partition coefficient (Wildman–Crippen LogP) is 3.12. The Morgan fingerprint density at radius 1 is 1.13 bits per heavy atom. The number of carbonyl (C=O) groups is 2. The number of carboxylic acids is 1.